The summed E-state index contributed by atoms with van der Waals surface area (Å²) >= 11 is 0. The van der Waals surface area contributed by atoms with Gasteiger partial charge in [-0.3, -0.25) is 9.48 Å². The van der Waals surface area contributed by atoms with E-state index in [0.29, 0.717) is 6.42 Å². The molecule has 5 heteroatoms. The minimum absolute atomic E-state index is 0.0253. The smallest absolute Gasteiger partial charge is 0.303 e. The number of aromatic nitrogens is 2. The monoisotopic (exact) mass is 239 g/mol. The van der Waals surface area contributed by atoms with Crippen LogP contribution in [0, 0.1) is 0 Å². The van der Waals surface area contributed by atoms with Crippen LogP contribution in [0.2, 0.25) is 0 Å². The van der Waals surface area contributed by atoms with Gasteiger partial charge in [-0.05, 0) is 12.5 Å². The summed E-state index contributed by atoms with van der Waals surface area (Å²) in [4.78, 5) is 10.5. The summed E-state index contributed by atoms with van der Waals surface area (Å²) < 4.78 is 1.74. The molecule has 0 saturated carbocycles. The van der Waals surface area contributed by atoms with E-state index < -0.39 is 5.97 Å². The zero-order valence-corrected chi connectivity index (χ0v) is 10.9. The number of nitrogens with zero attached hydrogens (tertiary/aromatic N) is 2. The lowest BCUT2D eigenvalue weighted by molar-refractivity contribution is -0.137. The molecule has 5 nitrogen and oxygen atoms in total. The maximum atomic E-state index is 10.5. The van der Waals surface area contributed by atoms with Gasteiger partial charge in [0.25, 0.3) is 0 Å². The van der Waals surface area contributed by atoms with Crippen molar-refractivity contribution in [2.45, 2.75) is 45.1 Å². The molecule has 0 bridgehead atoms. The van der Waals surface area contributed by atoms with Crippen molar-refractivity contribution in [3.05, 3.63) is 17.5 Å². The second-order valence-corrected chi connectivity index (χ2v) is 5.37. The predicted octanol–water partition coefficient (Wildman–Crippen LogP) is 1.58. The summed E-state index contributed by atoms with van der Waals surface area (Å²) in [5.41, 5.74) is 7.81. The van der Waals surface area contributed by atoms with Gasteiger partial charge in [0, 0.05) is 24.9 Å². The van der Waals surface area contributed by atoms with Crippen LogP contribution in [0.3, 0.4) is 0 Å². The lowest BCUT2D eigenvalue weighted by atomic mass is 9.92. The molecule has 96 valence electrons. The number of aryl methyl sites for hydroxylation is 1. The molecular weight excluding hydrogens is 218 g/mol. The molecule has 0 aliphatic carbocycles. The standard InChI is InChI=1S/C12H21N3O2/c1-12(2,3)10-7-9(15(4)14-10)8(13)5-6-11(16)17/h7-8H,5-6,13H2,1-4H3,(H,16,17). The van der Waals surface area contributed by atoms with E-state index in [2.05, 4.69) is 25.9 Å². The van der Waals surface area contributed by atoms with Crippen molar-refractivity contribution in [2.24, 2.45) is 12.8 Å². The quantitative estimate of drug-likeness (QED) is 0.836. The highest BCUT2D eigenvalue weighted by Crippen LogP contribution is 2.24. The molecule has 0 aromatic carbocycles. The number of hydrogen-bond acceptors (Lipinski definition) is 3. The van der Waals surface area contributed by atoms with Crippen LogP contribution < -0.4 is 5.73 Å². The van der Waals surface area contributed by atoms with Crippen molar-refractivity contribution in [1.29, 1.82) is 0 Å². The fourth-order valence-corrected chi connectivity index (χ4v) is 1.62. The summed E-state index contributed by atoms with van der Waals surface area (Å²) in [6.45, 7) is 6.26. The summed E-state index contributed by atoms with van der Waals surface area (Å²) in [6, 6.07) is 1.69. The van der Waals surface area contributed by atoms with E-state index in [1.54, 1.807) is 4.68 Å². The van der Waals surface area contributed by atoms with Crippen LogP contribution in [-0.2, 0) is 17.3 Å². The third-order valence-electron chi connectivity index (χ3n) is 2.73. The first-order chi connectivity index (χ1) is 7.71. The van der Waals surface area contributed by atoms with Gasteiger partial charge < -0.3 is 10.8 Å². The average molecular weight is 239 g/mol. The molecule has 1 heterocycles. The van der Waals surface area contributed by atoms with E-state index in [1.165, 1.54) is 0 Å². The van der Waals surface area contributed by atoms with Crippen molar-refractivity contribution in [3.63, 3.8) is 0 Å². The molecule has 3 N–H and O–H groups in total. The van der Waals surface area contributed by atoms with E-state index in [9.17, 15) is 4.79 Å². The van der Waals surface area contributed by atoms with Gasteiger partial charge in [-0.1, -0.05) is 20.8 Å². The predicted molar refractivity (Wildman–Crippen MR) is 65.7 cm³/mol. The first-order valence-electron chi connectivity index (χ1n) is 5.73. The molecule has 0 fully saturated rings. The Balaban J connectivity index is 2.84. The minimum Gasteiger partial charge on any atom is -0.481 e. The second-order valence-electron chi connectivity index (χ2n) is 5.37. The fraction of sp³-hybridized carbons (Fsp3) is 0.667. The van der Waals surface area contributed by atoms with E-state index >= 15 is 0 Å². The summed E-state index contributed by atoms with van der Waals surface area (Å²) in [5, 5.41) is 13.1. The fourth-order valence-electron chi connectivity index (χ4n) is 1.62. The molecule has 17 heavy (non-hydrogen) atoms. The molecule has 0 amide bonds. The molecule has 1 aromatic heterocycles. The molecule has 0 radical (unpaired) electrons. The number of carboxylic acid groups (broad SMARTS) is 1. The Hall–Kier alpha value is -1.36. The Labute approximate surface area is 102 Å². The number of hydrogen-bond donors (Lipinski definition) is 2. The van der Waals surface area contributed by atoms with Crippen LogP contribution in [0.15, 0.2) is 6.07 Å². The zero-order valence-electron chi connectivity index (χ0n) is 10.9. The normalized spacial score (nSPS) is 13.7. The highest BCUT2D eigenvalue weighted by atomic mass is 16.4. The highest BCUT2D eigenvalue weighted by molar-refractivity contribution is 5.66. The first-order valence-corrected chi connectivity index (χ1v) is 5.73. The van der Waals surface area contributed by atoms with Gasteiger partial charge in [0.2, 0.25) is 0 Å². The average Bonchev–Trinajstić information content (AvgIpc) is 2.56. The molecule has 0 aliphatic heterocycles. The summed E-state index contributed by atoms with van der Waals surface area (Å²) in [6.07, 6.45) is 0.510. The van der Waals surface area contributed by atoms with Crippen LogP contribution in [0.4, 0.5) is 0 Å². The number of aliphatic carboxylic acids is 1. The van der Waals surface area contributed by atoms with Crippen molar-refractivity contribution >= 4 is 5.97 Å². The van der Waals surface area contributed by atoms with Gasteiger partial charge in [0.1, 0.15) is 0 Å². The highest BCUT2D eigenvalue weighted by Gasteiger charge is 2.21. The lowest BCUT2D eigenvalue weighted by Crippen LogP contribution is -2.15. The SMILES string of the molecule is Cn1nc(C(C)(C)C)cc1C(N)CCC(=O)O. The largest absolute Gasteiger partial charge is 0.481 e. The maximum Gasteiger partial charge on any atom is 0.303 e. The Kier molecular flexibility index (Phi) is 3.93. The van der Waals surface area contributed by atoms with Gasteiger partial charge in [-0.2, -0.15) is 5.10 Å². The molecular formula is C12H21N3O2. The first kappa shape index (κ1) is 13.7. The van der Waals surface area contributed by atoms with Crippen LogP contribution in [0.25, 0.3) is 0 Å². The van der Waals surface area contributed by atoms with E-state index in [4.69, 9.17) is 10.8 Å². The Morgan fingerprint density at radius 1 is 1.59 bits per heavy atom. The third kappa shape index (κ3) is 3.56. The van der Waals surface area contributed by atoms with Crippen LogP contribution in [0.5, 0.6) is 0 Å². The number of carboxylic acids is 1. The molecule has 0 spiro atoms. The summed E-state index contributed by atoms with van der Waals surface area (Å²) in [7, 11) is 1.84. The van der Waals surface area contributed by atoms with Crippen molar-refractivity contribution in [3.8, 4) is 0 Å². The van der Waals surface area contributed by atoms with Gasteiger partial charge in [-0.15, -0.1) is 0 Å². The van der Waals surface area contributed by atoms with Gasteiger partial charge in [0.05, 0.1) is 11.4 Å². The number of rotatable bonds is 4. The van der Waals surface area contributed by atoms with Gasteiger partial charge in [0.15, 0.2) is 0 Å². The van der Waals surface area contributed by atoms with E-state index in [0.717, 1.165) is 11.4 Å². The Morgan fingerprint density at radius 2 is 2.18 bits per heavy atom. The van der Waals surface area contributed by atoms with Crippen molar-refractivity contribution in [2.75, 3.05) is 0 Å². The molecule has 1 unspecified atom stereocenters. The molecule has 1 aromatic rings. The van der Waals surface area contributed by atoms with Gasteiger partial charge >= 0.3 is 5.97 Å². The van der Waals surface area contributed by atoms with Crippen LogP contribution in [0.1, 0.15) is 51.0 Å². The van der Waals surface area contributed by atoms with E-state index in [-0.39, 0.29) is 17.9 Å². The lowest BCUT2D eigenvalue weighted by Gasteiger charge is -2.13. The Bertz CT molecular complexity index is 404. The van der Waals surface area contributed by atoms with Crippen LogP contribution >= 0.6 is 0 Å². The van der Waals surface area contributed by atoms with Gasteiger partial charge in [-0.25, -0.2) is 0 Å². The van der Waals surface area contributed by atoms with Crippen molar-refractivity contribution in [1.82, 2.24) is 9.78 Å². The Morgan fingerprint density at radius 3 is 2.59 bits per heavy atom. The number of carbonyl (C=O) groups is 1. The topological polar surface area (TPSA) is 81.1 Å². The molecule has 0 aliphatic rings. The summed E-state index contributed by atoms with van der Waals surface area (Å²) in [5.74, 6) is -0.821. The molecule has 1 atom stereocenters. The van der Waals surface area contributed by atoms with Crippen LogP contribution in [-0.4, -0.2) is 20.9 Å². The van der Waals surface area contributed by atoms with Crippen molar-refractivity contribution < 1.29 is 9.90 Å². The minimum atomic E-state index is -0.821. The zero-order chi connectivity index (χ0) is 13.2. The van der Waals surface area contributed by atoms with E-state index in [1.807, 2.05) is 13.1 Å². The second kappa shape index (κ2) is 4.87. The maximum absolute atomic E-state index is 10.5. The molecule has 0 saturated heterocycles. The number of nitrogens with two attached hydrogens (primary N) is 1. The third-order valence-corrected chi connectivity index (χ3v) is 2.73. The molecule has 1 rings (SSSR count).